The average molecular weight is 270 g/mol. The molecule has 2 N–H and O–H groups in total. The number of guanidine groups is 1. The Kier molecular flexibility index (Phi) is 6.08. The van der Waals surface area contributed by atoms with Gasteiger partial charge in [-0.15, -0.1) is 0 Å². The molecule has 6 nitrogen and oxygen atoms in total. The van der Waals surface area contributed by atoms with Gasteiger partial charge in [0.1, 0.15) is 0 Å². The van der Waals surface area contributed by atoms with Crippen LogP contribution in [0.3, 0.4) is 0 Å². The summed E-state index contributed by atoms with van der Waals surface area (Å²) in [5, 5.41) is 6.38. The van der Waals surface area contributed by atoms with Crippen molar-refractivity contribution in [3.05, 3.63) is 0 Å². The van der Waals surface area contributed by atoms with Crippen molar-refractivity contribution in [1.29, 1.82) is 0 Å². The molecular formula is C13H26N4O2. The molecule has 0 spiro atoms. The third-order valence-electron chi connectivity index (χ3n) is 3.28. The van der Waals surface area contributed by atoms with Crippen molar-refractivity contribution in [2.24, 2.45) is 4.99 Å². The zero-order chi connectivity index (χ0) is 14.3. The van der Waals surface area contributed by atoms with E-state index in [2.05, 4.69) is 22.5 Å². The van der Waals surface area contributed by atoms with E-state index in [1.54, 1.807) is 26.0 Å². The van der Waals surface area contributed by atoms with Gasteiger partial charge in [-0.2, -0.15) is 0 Å². The van der Waals surface area contributed by atoms with Crippen molar-refractivity contribution >= 4 is 11.9 Å². The highest BCUT2D eigenvalue weighted by molar-refractivity contribution is 5.81. The predicted octanol–water partition coefficient (Wildman–Crippen LogP) is 0.199. The van der Waals surface area contributed by atoms with E-state index in [9.17, 15) is 4.79 Å². The van der Waals surface area contributed by atoms with Gasteiger partial charge < -0.3 is 20.3 Å². The Hall–Kier alpha value is -1.30. The first kappa shape index (κ1) is 15.8. The van der Waals surface area contributed by atoms with Crippen LogP contribution in [0.1, 0.15) is 26.2 Å². The minimum Gasteiger partial charge on any atom is -0.373 e. The fourth-order valence-corrected chi connectivity index (χ4v) is 1.98. The van der Waals surface area contributed by atoms with Crippen LogP contribution in [0.15, 0.2) is 4.99 Å². The van der Waals surface area contributed by atoms with E-state index in [4.69, 9.17) is 4.74 Å². The van der Waals surface area contributed by atoms with Crippen LogP contribution in [-0.2, 0) is 9.53 Å². The highest BCUT2D eigenvalue weighted by Crippen LogP contribution is 2.23. The predicted molar refractivity (Wildman–Crippen MR) is 76.3 cm³/mol. The molecule has 0 radical (unpaired) electrons. The van der Waals surface area contributed by atoms with Crippen molar-refractivity contribution in [3.63, 3.8) is 0 Å². The third kappa shape index (κ3) is 5.46. The first-order chi connectivity index (χ1) is 8.97. The highest BCUT2D eigenvalue weighted by atomic mass is 16.5. The number of amides is 1. The Labute approximate surface area is 115 Å². The number of nitrogens with zero attached hydrogens (tertiary/aromatic N) is 2. The molecule has 6 heteroatoms. The van der Waals surface area contributed by atoms with Crippen molar-refractivity contribution in [1.82, 2.24) is 15.5 Å². The molecule has 110 valence electrons. The van der Waals surface area contributed by atoms with Gasteiger partial charge in [-0.1, -0.05) is 0 Å². The average Bonchev–Trinajstić information content (AvgIpc) is 2.80. The van der Waals surface area contributed by atoms with Gasteiger partial charge in [0, 0.05) is 47.3 Å². The summed E-state index contributed by atoms with van der Waals surface area (Å²) in [5.74, 6) is 0.817. The van der Waals surface area contributed by atoms with Crippen LogP contribution in [0.5, 0.6) is 0 Å². The minimum absolute atomic E-state index is 0.100. The number of carbonyl (C=O) groups excluding carboxylic acids is 1. The van der Waals surface area contributed by atoms with E-state index in [1.807, 2.05) is 0 Å². The quantitative estimate of drug-likeness (QED) is 0.553. The van der Waals surface area contributed by atoms with Crippen LogP contribution >= 0.6 is 0 Å². The lowest BCUT2D eigenvalue weighted by Crippen LogP contribution is -2.46. The lowest BCUT2D eigenvalue weighted by atomic mass is 10.0. The van der Waals surface area contributed by atoms with E-state index in [-0.39, 0.29) is 11.5 Å². The molecule has 0 aromatic carbocycles. The van der Waals surface area contributed by atoms with Crippen molar-refractivity contribution in [2.45, 2.75) is 31.8 Å². The Morgan fingerprint density at radius 1 is 1.42 bits per heavy atom. The van der Waals surface area contributed by atoms with Crippen LogP contribution in [0.25, 0.3) is 0 Å². The standard InChI is InChI=1S/C13H26N4O2/c1-13(7-5-9-19-13)10-16-12(14-2)15-8-6-11(18)17(3)4/h5-10H2,1-4H3,(H2,14,15,16). The second-order valence-corrected chi connectivity index (χ2v) is 5.29. The molecule has 1 unspecified atom stereocenters. The van der Waals surface area contributed by atoms with Gasteiger partial charge in [-0.05, 0) is 19.8 Å². The second kappa shape index (κ2) is 7.33. The van der Waals surface area contributed by atoms with Crippen molar-refractivity contribution in [2.75, 3.05) is 40.8 Å². The van der Waals surface area contributed by atoms with Gasteiger partial charge in [0.2, 0.25) is 5.91 Å². The van der Waals surface area contributed by atoms with Gasteiger partial charge in [-0.3, -0.25) is 9.79 Å². The first-order valence-corrected chi connectivity index (χ1v) is 6.75. The zero-order valence-corrected chi connectivity index (χ0v) is 12.5. The maximum atomic E-state index is 11.4. The fourth-order valence-electron chi connectivity index (χ4n) is 1.98. The van der Waals surface area contributed by atoms with Crippen LogP contribution in [0.2, 0.25) is 0 Å². The Balaban J connectivity index is 2.25. The van der Waals surface area contributed by atoms with E-state index >= 15 is 0 Å². The molecule has 0 aliphatic carbocycles. The Morgan fingerprint density at radius 2 is 2.16 bits per heavy atom. The third-order valence-corrected chi connectivity index (χ3v) is 3.28. The number of carbonyl (C=O) groups is 1. The molecular weight excluding hydrogens is 244 g/mol. The van der Waals surface area contributed by atoms with E-state index in [0.29, 0.717) is 18.9 Å². The lowest BCUT2D eigenvalue weighted by molar-refractivity contribution is -0.128. The Bertz CT molecular complexity index is 323. The number of hydrogen-bond acceptors (Lipinski definition) is 3. The fraction of sp³-hybridized carbons (Fsp3) is 0.846. The molecule has 1 rings (SSSR count). The molecule has 1 fully saturated rings. The summed E-state index contributed by atoms with van der Waals surface area (Å²) >= 11 is 0. The lowest BCUT2D eigenvalue weighted by Gasteiger charge is -2.24. The molecule has 0 saturated carbocycles. The van der Waals surface area contributed by atoms with Gasteiger partial charge >= 0.3 is 0 Å². The number of nitrogens with one attached hydrogen (secondary N) is 2. The summed E-state index contributed by atoms with van der Waals surface area (Å²) < 4.78 is 5.70. The molecule has 1 atom stereocenters. The zero-order valence-electron chi connectivity index (χ0n) is 12.5. The van der Waals surface area contributed by atoms with E-state index in [0.717, 1.165) is 26.0 Å². The maximum absolute atomic E-state index is 11.4. The maximum Gasteiger partial charge on any atom is 0.223 e. The molecule has 0 bridgehead atoms. The molecule has 1 aliphatic rings. The van der Waals surface area contributed by atoms with E-state index in [1.165, 1.54) is 0 Å². The largest absolute Gasteiger partial charge is 0.373 e. The topological polar surface area (TPSA) is 66.0 Å². The van der Waals surface area contributed by atoms with Crippen LogP contribution in [-0.4, -0.2) is 63.2 Å². The second-order valence-electron chi connectivity index (χ2n) is 5.29. The summed E-state index contributed by atoms with van der Waals surface area (Å²) in [7, 11) is 5.24. The molecule has 19 heavy (non-hydrogen) atoms. The first-order valence-electron chi connectivity index (χ1n) is 6.75. The molecule has 1 amide bonds. The summed E-state index contributed by atoms with van der Waals surface area (Å²) in [4.78, 5) is 17.2. The normalized spacial score (nSPS) is 23.3. The van der Waals surface area contributed by atoms with Crippen LogP contribution in [0.4, 0.5) is 0 Å². The van der Waals surface area contributed by atoms with Crippen molar-refractivity contribution in [3.8, 4) is 0 Å². The van der Waals surface area contributed by atoms with Gasteiger partial charge in [0.15, 0.2) is 5.96 Å². The SMILES string of the molecule is CN=C(NCCC(=O)N(C)C)NCC1(C)CCCO1. The summed E-state index contributed by atoms with van der Waals surface area (Å²) in [6, 6.07) is 0. The summed E-state index contributed by atoms with van der Waals surface area (Å²) in [5.41, 5.74) is -0.100. The Morgan fingerprint density at radius 3 is 2.68 bits per heavy atom. The monoisotopic (exact) mass is 270 g/mol. The summed E-state index contributed by atoms with van der Waals surface area (Å²) in [6.07, 6.45) is 2.64. The van der Waals surface area contributed by atoms with E-state index < -0.39 is 0 Å². The number of hydrogen-bond donors (Lipinski definition) is 2. The molecule has 0 aromatic heterocycles. The molecule has 1 aliphatic heterocycles. The molecule has 0 aromatic rings. The summed E-state index contributed by atoms with van der Waals surface area (Å²) in [6.45, 7) is 4.25. The molecule has 1 saturated heterocycles. The number of aliphatic imine (C=N–C) groups is 1. The van der Waals surface area contributed by atoms with Gasteiger partial charge in [-0.25, -0.2) is 0 Å². The van der Waals surface area contributed by atoms with Crippen molar-refractivity contribution < 1.29 is 9.53 Å². The highest BCUT2D eigenvalue weighted by Gasteiger charge is 2.29. The number of rotatable bonds is 5. The van der Waals surface area contributed by atoms with Gasteiger partial charge in [0.25, 0.3) is 0 Å². The van der Waals surface area contributed by atoms with Gasteiger partial charge in [0.05, 0.1) is 5.60 Å². The van der Waals surface area contributed by atoms with Crippen LogP contribution < -0.4 is 10.6 Å². The van der Waals surface area contributed by atoms with Crippen LogP contribution in [0, 0.1) is 0 Å². The molecule has 1 heterocycles. The minimum atomic E-state index is -0.100. The smallest absolute Gasteiger partial charge is 0.223 e. The number of ether oxygens (including phenoxy) is 1.